The molecule has 0 radical (unpaired) electrons. The lowest BCUT2D eigenvalue weighted by molar-refractivity contribution is -0.387. The minimum atomic E-state index is -0.909. The maximum atomic E-state index is 13.2. The number of phenolic OH excluding ortho intramolecular Hbond substituents is 2. The summed E-state index contributed by atoms with van der Waals surface area (Å²) in [6, 6.07) is 7.54. The lowest BCUT2D eigenvalue weighted by Crippen LogP contribution is -2.01. The van der Waals surface area contributed by atoms with E-state index >= 15 is 0 Å². The summed E-state index contributed by atoms with van der Waals surface area (Å²) >= 11 is 0. The summed E-state index contributed by atoms with van der Waals surface area (Å²) in [6.07, 6.45) is 0. The number of nitro groups is 1. The van der Waals surface area contributed by atoms with Gasteiger partial charge in [-0.25, -0.2) is 0 Å². The van der Waals surface area contributed by atoms with Crippen molar-refractivity contribution in [2.24, 2.45) is 0 Å². The average Bonchev–Trinajstić information content (AvgIpc) is 2.39. The molecule has 0 fully saturated rings. The van der Waals surface area contributed by atoms with E-state index in [9.17, 15) is 19.6 Å². The molecule has 2 aromatic rings. The van der Waals surface area contributed by atoms with Crippen LogP contribution in [-0.2, 0) is 6.54 Å². The summed E-state index contributed by atoms with van der Waals surface area (Å²) in [5, 5.41) is 32.2. The van der Waals surface area contributed by atoms with Gasteiger partial charge in [0, 0.05) is 29.9 Å². The summed E-state index contributed by atoms with van der Waals surface area (Å²) in [5.74, 6) is -1.08. The summed E-state index contributed by atoms with van der Waals surface area (Å²) in [6.45, 7) is 0.175. The first kappa shape index (κ1) is 13.6. The van der Waals surface area contributed by atoms with E-state index in [1.807, 2.05) is 0 Å². The van der Waals surface area contributed by atoms with Gasteiger partial charge < -0.3 is 15.5 Å². The number of aromatic hydroxyl groups is 2. The monoisotopic (exact) mass is 278 g/mol. The summed E-state index contributed by atoms with van der Waals surface area (Å²) < 4.78 is 13.2. The Morgan fingerprint density at radius 2 is 1.95 bits per heavy atom. The minimum Gasteiger partial charge on any atom is -0.508 e. The van der Waals surface area contributed by atoms with E-state index in [1.54, 1.807) is 0 Å². The Labute approximate surface area is 113 Å². The number of benzene rings is 2. The van der Waals surface area contributed by atoms with Gasteiger partial charge in [0.15, 0.2) is 0 Å². The first-order chi connectivity index (χ1) is 9.47. The molecule has 0 spiro atoms. The van der Waals surface area contributed by atoms with E-state index in [2.05, 4.69) is 5.32 Å². The van der Waals surface area contributed by atoms with Crippen molar-refractivity contribution in [3.8, 4) is 11.5 Å². The molecular formula is C13H11FN2O4. The van der Waals surface area contributed by atoms with Crippen molar-refractivity contribution in [1.82, 2.24) is 0 Å². The smallest absolute Gasteiger partial charge is 0.306 e. The summed E-state index contributed by atoms with van der Waals surface area (Å²) in [5.41, 5.74) is 0.227. The molecule has 20 heavy (non-hydrogen) atoms. The van der Waals surface area contributed by atoms with Gasteiger partial charge in [-0.3, -0.25) is 10.1 Å². The standard InChI is InChI=1S/C13H11FN2O4/c14-11-4-2-9(5-12(11)16(19)20)15-7-8-1-3-10(17)6-13(8)18/h1-6,15,17-18H,7H2. The van der Waals surface area contributed by atoms with Gasteiger partial charge in [-0.2, -0.15) is 4.39 Å². The van der Waals surface area contributed by atoms with Gasteiger partial charge in [-0.15, -0.1) is 0 Å². The van der Waals surface area contributed by atoms with E-state index in [0.717, 1.165) is 12.1 Å². The fourth-order valence-corrected chi connectivity index (χ4v) is 1.66. The number of hydrogen-bond acceptors (Lipinski definition) is 5. The van der Waals surface area contributed by atoms with Crippen LogP contribution in [0.15, 0.2) is 36.4 Å². The normalized spacial score (nSPS) is 10.2. The Balaban J connectivity index is 2.15. The van der Waals surface area contributed by atoms with Crippen LogP contribution >= 0.6 is 0 Å². The van der Waals surface area contributed by atoms with Gasteiger partial charge in [-0.05, 0) is 24.3 Å². The highest BCUT2D eigenvalue weighted by Gasteiger charge is 2.14. The van der Waals surface area contributed by atoms with Crippen molar-refractivity contribution >= 4 is 11.4 Å². The molecule has 0 atom stereocenters. The van der Waals surface area contributed by atoms with Crippen LogP contribution in [0.3, 0.4) is 0 Å². The highest BCUT2D eigenvalue weighted by molar-refractivity contribution is 5.52. The Morgan fingerprint density at radius 1 is 1.20 bits per heavy atom. The molecule has 0 saturated carbocycles. The molecule has 2 rings (SSSR count). The number of nitrogens with zero attached hydrogens (tertiary/aromatic N) is 1. The third-order valence-electron chi connectivity index (χ3n) is 2.69. The number of nitro benzene ring substituents is 1. The predicted octanol–water partition coefficient (Wildman–Crippen LogP) is 2.76. The van der Waals surface area contributed by atoms with Gasteiger partial charge in [-0.1, -0.05) is 0 Å². The number of nitrogens with one attached hydrogen (secondary N) is 1. The predicted molar refractivity (Wildman–Crippen MR) is 70.2 cm³/mol. The van der Waals surface area contributed by atoms with E-state index in [-0.39, 0.29) is 18.0 Å². The van der Waals surface area contributed by atoms with Gasteiger partial charge in [0.1, 0.15) is 11.5 Å². The molecular weight excluding hydrogens is 267 g/mol. The zero-order valence-electron chi connectivity index (χ0n) is 10.2. The van der Waals surface area contributed by atoms with Crippen molar-refractivity contribution in [2.75, 3.05) is 5.32 Å². The molecule has 2 aromatic carbocycles. The van der Waals surface area contributed by atoms with Crippen molar-refractivity contribution in [1.29, 1.82) is 0 Å². The van der Waals surface area contributed by atoms with E-state index in [4.69, 9.17) is 5.11 Å². The van der Waals surface area contributed by atoms with E-state index in [0.29, 0.717) is 11.3 Å². The van der Waals surface area contributed by atoms with Crippen molar-refractivity contribution in [3.63, 3.8) is 0 Å². The van der Waals surface area contributed by atoms with Crippen LogP contribution in [0.1, 0.15) is 5.56 Å². The molecule has 0 aliphatic heterocycles. The van der Waals surface area contributed by atoms with Crippen LogP contribution in [0, 0.1) is 15.9 Å². The highest BCUT2D eigenvalue weighted by Crippen LogP contribution is 2.25. The van der Waals surface area contributed by atoms with Crippen LogP contribution in [-0.4, -0.2) is 15.1 Å². The van der Waals surface area contributed by atoms with Gasteiger partial charge >= 0.3 is 5.69 Å². The Kier molecular flexibility index (Phi) is 3.69. The third kappa shape index (κ3) is 2.94. The number of anilines is 1. The summed E-state index contributed by atoms with van der Waals surface area (Å²) in [4.78, 5) is 9.80. The molecule has 0 amide bonds. The van der Waals surface area contributed by atoms with Crippen molar-refractivity contribution < 1.29 is 19.5 Å². The van der Waals surface area contributed by atoms with Crippen molar-refractivity contribution in [3.05, 3.63) is 57.9 Å². The SMILES string of the molecule is O=[N+]([O-])c1cc(NCc2ccc(O)cc2O)ccc1F. The van der Waals surface area contributed by atoms with Crippen LogP contribution in [0.4, 0.5) is 15.8 Å². The maximum Gasteiger partial charge on any atom is 0.306 e. The second kappa shape index (κ2) is 5.43. The van der Waals surface area contributed by atoms with Crippen LogP contribution in [0.25, 0.3) is 0 Å². The summed E-state index contributed by atoms with van der Waals surface area (Å²) in [7, 11) is 0. The minimum absolute atomic E-state index is 0.0660. The topological polar surface area (TPSA) is 95.6 Å². The fourth-order valence-electron chi connectivity index (χ4n) is 1.66. The molecule has 104 valence electrons. The van der Waals surface area contributed by atoms with Crippen LogP contribution in [0.2, 0.25) is 0 Å². The fraction of sp³-hybridized carbons (Fsp3) is 0.0769. The third-order valence-corrected chi connectivity index (χ3v) is 2.69. The molecule has 0 aromatic heterocycles. The number of hydrogen-bond donors (Lipinski definition) is 3. The van der Waals surface area contributed by atoms with E-state index < -0.39 is 16.4 Å². The Bertz CT molecular complexity index is 661. The molecule has 3 N–H and O–H groups in total. The first-order valence-corrected chi connectivity index (χ1v) is 5.66. The Morgan fingerprint density at radius 3 is 2.60 bits per heavy atom. The molecule has 0 heterocycles. The Hall–Kier alpha value is -2.83. The van der Waals surface area contributed by atoms with Crippen LogP contribution < -0.4 is 5.32 Å². The largest absolute Gasteiger partial charge is 0.508 e. The molecule has 0 bridgehead atoms. The maximum absolute atomic E-state index is 13.2. The van der Waals surface area contributed by atoms with Crippen molar-refractivity contribution in [2.45, 2.75) is 6.54 Å². The molecule has 7 heteroatoms. The molecule has 0 unspecified atom stereocenters. The number of halogens is 1. The van der Waals surface area contributed by atoms with Crippen LogP contribution in [0.5, 0.6) is 11.5 Å². The molecule has 0 aliphatic carbocycles. The highest BCUT2D eigenvalue weighted by atomic mass is 19.1. The average molecular weight is 278 g/mol. The molecule has 0 aliphatic rings. The molecule has 6 nitrogen and oxygen atoms in total. The lowest BCUT2D eigenvalue weighted by atomic mass is 10.2. The van der Waals surface area contributed by atoms with Gasteiger partial charge in [0.25, 0.3) is 0 Å². The quantitative estimate of drug-likeness (QED) is 0.590. The molecule has 0 saturated heterocycles. The lowest BCUT2D eigenvalue weighted by Gasteiger charge is -2.08. The zero-order valence-corrected chi connectivity index (χ0v) is 10.2. The van der Waals surface area contributed by atoms with Gasteiger partial charge in [0.2, 0.25) is 5.82 Å². The second-order valence-electron chi connectivity index (χ2n) is 4.09. The van der Waals surface area contributed by atoms with E-state index in [1.165, 1.54) is 24.3 Å². The number of phenols is 2. The number of rotatable bonds is 4. The van der Waals surface area contributed by atoms with Gasteiger partial charge in [0.05, 0.1) is 4.92 Å². The zero-order chi connectivity index (χ0) is 14.7. The first-order valence-electron chi connectivity index (χ1n) is 5.66. The second-order valence-corrected chi connectivity index (χ2v) is 4.09.